The maximum Gasteiger partial charge on any atom is 0.324 e. The average molecular weight is 228 g/mol. The molecule has 1 fully saturated rings. The zero-order chi connectivity index (χ0) is 12.0. The molecule has 1 unspecified atom stereocenters. The molecule has 5 nitrogen and oxygen atoms in total. The van der Waals surface area contributed by atoms with Gasteiger partial charge in [-0.05, 0) is 19.3 Å². The van der Waals surface area contributed by atoms with E-state index in [1.807, 2.05) is 6.92 Å². The van der Waals surface area contributed by atoms with Crippen LogP contribution in [0.5, 0.6) is 0 Å². The van der Waals surface area contributed by atoms with E-state index in [1.165, 1.54) is 4.90 Å². The van der Waals surface area contributed by atoms with Crippen LogP contribution in [-0.2, 0) is 9.53 Å². The molecule has 0 spiro atoms. The number of urea groups is 1. The lowest BCUT2D eigenvalue weighted by molar-refractivity contribution is -0.127. The minimum absolute atomic E-state index is 0.0884. The van der Waals surface area contributed by atoms with Gasteiger partial charge in [0.15, 0.2) is 0 Å². The van der Waals surface area contributed by atoms with Crippen molar-refractivity contribution >= 4 is 11.9 Å². The molecule has 5 heteroatoms. The number of hydrogen-bond acceptors (Lipinski definition) is 3. The lowest BCUT2D eigenvalue weighted by atomic mass is 10.1. The second-order valence-corrected chi connectivity index (χ2v) is 3.98. The first-order valence-corrected chi connectivity index (χ1v) is 5.81. The van der Waals surface area contributed by atoms with E-state index >= 15 is 0 Å². The number of hydrogen-bond donors (Lipinski definition) is 1. The van der Waals surface area contributed by atoms with Crippen LogP contribution in [0, 0.1) is 0 Å². The molecule has 1 atom stereocenters. The van der Waals surface area contributed by atoms with E-state index in [0.29, 0.717) is 19.6 Å². The second-order valence-electron chi connectivity index (χ2n) is 3.98. The molecule has 0 aromatic carbocycles. The topological polar surface area (TPSA) is 58.6 Å². The van der Waals surface area contributed by atoms with Gasteiger partial charge in [-0.1, -0.05) is 13.3 Å². The Bertz CT molecular complexity index is 256. The van der Waals surface area contributed by atoms with Crippen molar-refractivity contribution in [2.45, 2.75) is 38.6 Å². The Morgan fingerprint density at radius 2 is 2.12 bits per heavy atom. The molecule has 3 amide bonds. The van der Waals surface area contributed by atoms with Gasteiger partial charge in [-0.3, -0.25) is 9.69 Å². The molecular formula is C11H20N2O3. The van der Waals surface area contributed by atoms with Crippen molar-refractivity contribution in [1.82, 2.24) is 10.2 Å². The minimum Gasteiger partial charge on any atom is -0.385 e. The van der Waals surface area contributed by atoms with Crippen LogP contribution in [-0.4, -0.2) is 43.1 Å². The Hall–Kier alpha value is -1.10. The summed E-state index contributed by atoms with van der Waals surface area (Å²) in [4.78, 5) is 24.6. The average Bonchev–Trinajstić information content (AvgIpc) is 2.53. The summed E-state index contributed by atoms with van der Waals surface area (Å²) in [5.74, 6) is -0.0884. The smallest absolute Gasteiger partial charge is 0.324 e. The molecule has 92 valence electrons. The number of carbonyl (C=O) groups excluding carboxylic acids is 2. The highest BCUT2D eigenvalue weighted by atomic mass is 16.5. The highest BCUT2D eigenvalue weighted by Crippen LogP contribution is 2.12. The molecule has 16 heavy (non-hydrogen) atoms. The van der Waals surface area contributed by atoms with E-state index in [4.69, 9.17) is 4.74 Å². The van der Waals surface area contributed by atoms with Gasteiger partial charge in [0.25, 0.3) is 5.91 Å². The Kier molecular flexibility index (Phi) is 5.25. The van der Waals surface area contributed by atoms with E-state index in [0.717, 1.165) is 19.3 Å². The summed E-state index contributed by atoms with van der Waals surface area (Å²) in [5, 5.41) is 2.70. The van der Waals surface area contributed by atoms with Crippen molar-refractivity contribution in [3.05, 3.63) is 0 Å². The van der Waals surface area contributed by atoms with E-state index in [2.05, 4.69) is 5.32 Å². The van der Waals surface area contributed by atoms with Crippen molar-refractivity contribution < 1.29 is 14.3 Å². The molecular weight excluding hydrogens is 208 g/mol. The molecule has 0 aliphatic carbocycles. The summed E-state index contributed by atoms with van der Waals surface area (Å²) in [5.41, 5.74) is 0. The third-order valence-corrected chi connectivity index (χ3v) is 2.68. The van der Waals surface area contributed by atoms with Crippen LogP contribution >= 0.6 is 0 Å². The number of nitrogens with one attached hydrogen (secondary N) is 1. The maximum atomic E-state index is 11.8. The first-order valence-electron chi connectivity index (χ1n) is 5.81. The molecule has 1 N–H and O–H groups in total. The van der Waals surface area contributed by atoms with Crippen molar-refractivity contribution in [3.63, 3.8) is 0 Å². The maximum absolute atomic E-state index is 11.8. The number of methoxy groups -OCH3 is 1. The molecule has 0 aromatic rings. The standard InChI is InChI=1S/C11H20N2O3/c1-3-4-7-13-10(14)9(12-11(13)15)6-5-8-16-2/h9H,3-8H2,1-2H3,(H,12,15). The predicted octanol–water partition coefficient (Wildman–Crippen LogP) is 1.13. The lowest BCUT2D eigenvalue weighted by Gasteiger charge is -2.11. The van der Waals surface area contributed by atoms with Crippen LogP contribution in [0.4, 0.5) is 4.79 Å². The monoisotopic (exact) mass is 228 g/mol. The summed E-state index contributed by atoms with van der Waals surface area (Å²) in [6.45, 7) is 3.19. The quantitative estimate of drug-likeness (QED) is 0.525. The highest BCUT2D eigenvalue weighted by molar-refractivity contribution is 6.04. The Morgan fingerprint density at radius 3 is 2.75 bits per heavy atom. The van der Waals surface area contributed by atoms with E-state index in [9.17, 15) is 9.59 Å². The highest BCUT2D eigenvalue weighted by Gasteiger charge is 2.36. The fourth-order valence-electron chi connectivity index (χ4n) is 1.73. The van der Waals surface area contributed by atoms with Gasteiger partial charge in [0.1, 0.15) is 6.04 Å². The fourth-order valence-corrected chi connectivity index (χ4v) is 1.73. The van der Waals surface area contributed by atoms with Gasteiger partial charge in [0.05, 0.1) is 0 Å². The molecule has 1 heterocycles. The molecule has 1 rings (SSSR count). The third-order valence-electron chi connectivity index (χ3n) is 2.68. The zero-order valence-electron chi connectivity index (χ0n) is 9.99. The predicted molar refractivity (Wildman–Crippen MR) is 60.1 cm³/mol. The number of ether oxygens (including phenoxy) is 1. The van der Waals surface area contributed by atoms with Gasteiger partial charge in [-0.25, -0.2) is 4.79 Å². The summed E-state index contributed by atoms with van der Waals surface area (Å²) >= 11 is 0. The van der Waals surface area contributed by atoms with Crippen molar-refractivity contribution in [2.24, 2.45) is 0 Å². The van der Waals surface area contributed by atoms with Gasteiger partial charge in [-0.2, -0.15) is 0 Å². The molecule has 0 saturated carbocycles. The van der Waals surface area contributed by atoms with Gasteiger partial charge in [0, 0.05) is 20.3 Å². The normalized spacial score (nSPS) is 20.4. The fraction of sp³-hybridized carbons (Fsp3) is 0.818. The van der Waals surface area contributed by atoms with Gasteiger partial charge in [-0.15, -0.1) is 0 Å². The zero-order valence-corrected chi connectivity index (χ0v) is 9.99. The number of imide groups is 1. The largest absolute Gasteiger partial charge is 0.385 e. The lowest BCUT2D eigenvalue weighted by Crippen LogP contribution is -2.32. The van der Waals surface area contributed by atoms with Crippen LogP contribution in [0.3, 0.4) is 0 Å². The third kappa shape index (κ3) is 3.20. The summed E-state index contributed by atoms with van der Waals surface area (Å²) in [7, 11) is 1.63. The summed E-state index contributed by atoms with van der Waals surface area (Å²) in [6.07, 6.45) is 3.28. The van der Waals surface area contributed by atoms with Crippen LogP contribution < -0.4 is 5.32 Å². The number of unbranched alkanes of at least 4 members (excludes halogenated alkanes) is 1. The molecule has 0 bridgehead atoms. The van der Waals surface area contributed by atoms with Crippen LogP contribution in [0.15, 0.2) is 0 Å². The molecule has 1 saturated heterocycles. The van der Waals surface area contributed by atoms with Gasteiger partial charge in [0.2, 0.25) is 0 Å². The Labute approximate surface area is 96.1 Å². The molecule has 1 aliphatic rings. The van der Waals surface area contributed by atoms with Crippen molar-refractivity contribution in [3.8, 4) is 0 Å². The first kappa shape index (κ1) is 13.0. The van der Waals surface area contributed by atoms with Gasteiger partial charge >= 0.3 is 6.03 Å². The van der Waals surface area contributed by atoms with Crippen molar-refractivity contribution in [2.75, 3.05) is 20.3 Å². The number of nitrogens with zero attached hydrogens (tertiary/aromatic N) is 1. The van der Waals surface area contributed by atoms with Crippen LogP contribution in [0.2, 0.25) is 0 Å². The van der Waals surface area contributed by atoms with E-state index in [-0.39, 0.29) is 18.0 Å². The van der Waals surface area contributed by atoms with Crippen LogP contribution in [0.25, 0.3) is 0 Å². The number of amides is 3. The SMILES string of the molecule is CCCCN1C(=O)NC(CCCOC)C1=O. The van der Waals surface area contributed by atoms with Gasteiger partial charge < -0.3 is 10.1 Å². The van der Waals surface area contributed by atoms with Crippen molar-refractivity contribution in [1.29, 1.82) is 0 Å². The summed E-state index contributed by atoms with van der Waals surface area (Å²) in [6, 6.07) is -0.597. The van der Waals surface area contributed by atoms with E-state index in [1.54, 1.807) is 7.11 Å². The van der Waals surface area contributed by atoms with Crippen LogP contribution in [0.1, 0.15) is 32.6 Å². The minimum atomic E-state index is -0.348. The molecule has 0 radical (unpaired) electrons. The molecule has 1 aliphatic heterocycles. The Morgan fingerprint density at radius 1 is 1.38 bits per heavy atom. The summed E-state index contributed by atoms with van der Waals surface area (Å²) < 4.78 is 4.92. The Balaban J connectivity index is 2.40. The number of rotatable bonds is 7. The first-order chi connectivity index (χ1) is 7.70. The second kappa shape index (κ2) is 6.48. The number of carbonyl (C=O) groups is 2. The van der Waals surface area contributed by atoms with E-state index < -0.39 is 0 Å². The molecule has 0 aromatic heterocycles.